The summed E-state index contributed by atoms with van der Waals surface area (Å²) in [6.07, 6.45) is 2.03. The fourth-order valence-corrected chi connectivity index (χ4v) is 0.836. The lowest BCUT2D eigenvalue weighted by molar-refractivity contribution is 0.0659. The van der Waals surface area contributed by atoms with Gasteiger partial charge >= 0.3 is 0 Å². The molecule has 0 aliphatic rings. The molecule has 0 bridgehead atoms. The number of aliphatic hydroxyl groups excluding tert-OH is 2. The van der Waals surface area contributed by atoms with Crippen LogP contribution in [0.3, 0.4) is 0 Å². The van der Waals surface area contributed by atoms with Crippen molar-refractivity contribution in [3.63, 3.8) is 0 Å². The number of hydrogen-bond acceptors (Lipinski definition) is 3. The first-order chi connectivity index (χ1) is 4.72. The van der Waals surface area contributed by atoms with Crippen molar-refractivity contribution in [1.29, 1.82) is 0 Å². The molecular formula is C7H17NO2. The van der Waals surface area contributed by atoms with Crippen molar-refractivity contribution in [3.05, 3.63) is 0 Å². The van der Waals surface area contributed by atoms with Gasteiger partial charge in [-0.1, -0.05) is 19.8 Å². The van der Waals surface area contributed by atoms with Crippen LogP contribution in [-0.2, 0) is 0 Å². The van der Waals surface area contributed by atoms with E-state index < -0.39 is 6.23 Å². The molecule has 0 saturated carbocycles. The van der Waals surface area contributed by atoms with E-state index in [-0.39, 0.29) is 12.5 Å². The van der Waals surface area contributed by atoms with E-state index >= 15 is 0 Å². The molecule has 2 unspecified atom stereocenters. The molecule has 0 saturated heterocycles. The van der Waals surface area contributed by atoms with Gasteiger partial charge in [0.2, 0.25) is 0 Å². The minimum Gasteiger partial charge on any atom is -0.396 e. The second-order valence-electron chi connectivity index (χ2n) is 2.58. The van der Waals surface area contributed by atoms with Gasteiger partial charge in [-0.3, -0.25) is 0 Å². The second-order valence-corrected chi connectivity index (χ2v) is 2.58. The average Bonchev–Trinajstić information content (AvgIpc) is 1.89. The predicted octanol–water partition coefficient (Wildman–Crippen LogP) is 0.0622. The van der Waals surface area contributed by atoms with Crippen molar-refractivity contribution in [1.82, 2.24) is 0 Å². The summed E-state index contributed by atoms with van der Waals surface area (Å²) in [5.41, 5.74) is 5.18. The molecule has 10 heavy (non-hydrogen) atoms. The molecule has 3 nitrogen and oxygen atoms in total. The Balaban J connectivity index is 3.40. The minimum atomic E-state index is -0.864. The molecule has 0 fully saturated rings. The summed E-state index contributed by atoms with van der Waals surface area (Å²) in [4.78, 5) is 0. The third kappa shape index (κ3) is 3.82. The summed E-state index contributed by atoms with van der Waals surface area (Å²) in [6, 6.07) is 0. The van der Waals surface area contributed by atoms with Gasteiger partial charge in [-0.2, -0.15) is 0 Å². The van der Waals surface area contributed by atoms with Crippen LogP contribution in [0, 0.1) is 5.92 Å². The Hall–Kier alpha value is -0.120. The van der Waals surface area contributed by atoms with E-state index in [9.17, 15) is 0 Å². The lowest BCUT2D eigenvalue weighted by atomic mass is 10.0. The van der Waals surface area contributed by atoms with Crippen molar-refractivity contribution < 1.29 is 10.2 Å². The maximum Gasteiger partial charge on any atom is 0.107 e. The molecule has 0 aliphatic heterocycles. The SMILES string of the molecule is CCCCC(CO)C(N)O. The largest absolute Gasteiger partial charge is 0.396 e. The van der Waals surface area contributed by atoms with E-state index in [1.54, 1.807) is 0 Å². The highest BCUT2D eigenvalue weighted by molar-refractivity contribution is 4.61. The maximum absolute atomic E-state index is 8.86. The maximum atomic E-state index is 8.86. The molecule has 0 heterocycles. The molecule has 4 N–H and O–H groups in total. The van der Waals surface area contributed by atoms with Gasteiger partial charge in [-0.25, -0.2) is 0 Å². The van der Waals surface area contributed by atoms with E-state index in [2.05, 4.69) is 6.92 Å². The number of aliphatic hydroxyl groups is 2. The van der Waals surface area contributed by atoms with Crippen LogP contribution in [0.2, 0.25) is 0 Å². The summed E-state index contributed by atoms with van der Waals surface area (Å²) in [7, 11) is 0. The van der Waals surface area contributed by atoms with Gasteiger partial charge in [0.1, 0.15) is 6.23 Å². The summed E-state index contributed by atoms with van der Waals surface area (Å²) in [6.45, 7) is 2.05. The van der Waals surface area contributed by atoms with Crippen LogP contribution < -0.4 is 5.73 Å². The van der Waals surface area contributed by atoms with Gasteiger partial charge < -0.3 is 15.9 Å². The standard InChI is InChI=1S/C7H17NO2/c1-2-3-4-6(5-9)7(8)10/h6-7,9-10H,2-5,8H2,1H3. The Bertz CT molecular complexity index is 76.0. The molecule has 0 amide bonds. The Labute approximate surface area is 61.9 Å². The van der Waals surface area contributed by atoms with E-state index in [0.29, 0.717) is 0 Å². The van der Waals surface area contributed by atoms with Crippen molar-refractivity contribution in [2.45, 2.75) is 32.4 Å². The first-order valence-electron chi connectivity index (χ1n) is 3.76. The number of nitrogens with two attached hydrogens (primary N) is 1. The van der Waals surface area contributed by atoms with Gasteiger partial charge in [-0.05, 0) is 6.42 Å². The average molecular weight is 147 g/mol. The minimum absolute atomic E-state index is 0.0162. The molecule has 0 aromatic heterocycles. The summed E-state index contributed by atoms with van der Waals surface area (Å²) < 4.78 is 0. The third-order valence-corrected chi connectivity index (χ3v) is 1.65. The zero-order valence-electron chi connectivity index (χ0n) is 6.45. The van der Waals surface area contributed by atoms with Gasteiger partial charge in [0.05, 0.1) is 0 Å². The second kappa shape index (κ2) is 5.65. The van der Waals surface area contributed by atoms with Gasteiger partial charge in [-0.15, -0.1) is 0 Å². The van der Waals surface area contributed by atoms with Crippen LogP contribution in [0.25, 0.3) is 0 Å². The van der Waals surface area contributed by atoms with E-state index in [0.717, 1.165) is 19.3 Å². The molecule has 0 aromatic rings. The molecule has 0 radical (unpaired) electrons. The Morgan fingerprint density at radius 3 is 2.40 bits per heavy atom. The third-order valence-electron chi connectivity index (χ3n) is 1.65. The molecule has 0 rings (SSSR count). The number of rotatable bonds is 5. The first-order valence-corrected chi connectivity index (χ1v) is 3.76. The normalized spacial score (nSPS) is 16.8. The molecular weight excluding hydrogens is 130 g/mol. The zero-order valence-corrected chi connectivity index (χ0v) is 6.45. The molecule has 62 valence electrons. The summed E-state index contributed by atoms with van der Waals surface area (Å²) in [5, 5.41) is 17.5. The number of unbranched alkanes of at least 4 members (excludes halogenated alkanes) is 1. The van der Waals surface area contributed by atoms with Gasteiger partial charge in [0, 0.05) is 12.5 Å². The molecule has 3 heteroatoms. The van der Waals surface area contributed by atoms with Crippen LogP contribution in [0.5, 0.6) is 0 Å². The molecule has 2 atom stereocenters. The van der Waals surface area contributed by atoms with E-state index in [4.69, 9.17) is 15.9 Å². The predicted molar refractivity (Wildman–Crippen MR) is 40.3 cm³/mol. The highest BCUT2D eigenvalue weighted by Crippen LogP contribution is 2.08. The Morgan fingerprint density at radius 2 is 2.10 bits per heavy atom. The monoisotopic (exact) mass is 147 g/mol. The van der Waals surface area contributed by atoms with Crippen molar-refractivity contribution in [2.75, 3.05) is 6.61 Å². The molecule has 0 aromatic carbocycles. The Morgan fingerprint density at radius 1 is 1.50 bits per heavy atom. The quantitative estimate of drug-likeness (QED) is 0.482. The summed E-state index contributed by atoms with van der Waals surface area (Å²) in [5.74, 6) is -0.139. The fourth-order valence-electron chi connectivity index (χ4n) is 0.836. The van der Waals surface area contributed by atoms with Crippen molar-refractivity contribution in [2.24, 2.45) is 11.7 Å². The number of hydrogen-bond donors (Lipinski definition) is 3. The highest BCUT2D eigenvalue weighted by Gasteiger charge is 2.12. The Kier molecular flexibility index (Phi) is 5.58. The first kappa shape index (κ1) is 9.88. The summed E-state index contributed by atoms with van der Waals surface area (Å²) >= 11 is 0. The van der Waals surface area contributed by atoms with Gasteiger partial charge in [0.15, 0.2) is 0 Å². The molecule has 0 spiro atoms. The van der Waals surface area contributed by atoms with Crippen LogP contribution in [-0.4, -0.2) is 23.0 Å². The van der Waals surface area contributed by atoms with E-state index in [1.165, 1.54) is 0 Å². The van der Waals surface area contributed by atoms with Crippen molar-refractivity contribution in [3.8, 4) is 0 Å². The zero-order chi connectivity index (χ0) is 7.98. The van der Waals surface area contributed by atoms with Crippen LogP contribution >= 0.6 is 0 Å². The fraction of sp³-hybridized carbons (Fsp3) is 1.00. The van der Waals surface area contributed by atoms with Gasteiger partial charge in [0.25, 0.3) is 0 Å². The molecule has 0 aliphatic carbocycles. The highest BCUT2D eigenvalue weighted by atomic mass is 16.3. The van der Waals surface area contributed by atoms with Crippen molar-refractivity contribution >= 4 is 0 Å². The van der Waals surface area contributed by atoms with E-state index in [1.807, 2.05) is 0 Å². The van der Waals surface area contributed by atoms with Crippen LogP contribution in [0.15, 0.2) is 0 Å². The smallest absolute Gasteiger partial charge is 0.107 e. The van der Waals surface area contributed by atoms with Crippen LogP contribution in [0.1, 0.15) is 26.2 Å². The lowest BCUT2D eigenvalue weighted by Gasteiger charge is -2.15. The van der Waals surface area contributed by atoms with Crippen LogP contribution in [0.4, 0.5) is 0 Å². The lowest BCUT2D eigenvalue weighted by Crippen LogP contribution is -2.31. The topological polar surface area (TPSA) is 66.5 Å².